The predicted molar refractivity (Wildman–Crippen MR) is 122 cm³/mol. The fraction of sp³-hybridized carbons (Fsp3) is 0.385. The molecule has 1 amide bonds. The Kier molecular flexibility index (Phi) is 5.05. The summed E-state index contributed by atoms with van der Waals surface area (Å²) < 4.78 is 8.43. The Morgan fingerprint density at radius 1 is 1.09 bits per heavy atom. The van der Waals surface area contributed by atoms with Gasteiger partial charge in [-0.2, -0.15) is 5.10 Å². The first-order valence-electron chi connectivity index (χ1n) is 11.3. The molecule has 0 bridgehead atoms. The van der Waals surface area contributed by atoms with Crippen LogP contribution in [-0.4, -0.2) is 38.8 Å². The average molecular weight is 432 g/mol. The van der Waals surface area contributed by atoms with E-state index in [1.807, 2.05) is 79.0 Å². The van der Waals surface area contributed by atoms with Crippen molar-refractivity contribution in [3.05, 3.63) is 71.4 Å². The van der Waals surface area contributed by atoms with Gasteiger partial charge in [0, 0.05) is 55.9 Å². The van der Waals surface area contributed by atoms with Gasteiger partial charge in [0.2, 0.25) is 0 Å². The average Bonchev–Trinajstić information content (AvgIpc) is 3.22. The second-order valence-electron chi connectivity index (χ2n) is 9.26. The van der Waals surface area contributed by atoms with Gasteiger partial charge in [0.1, 0.15) is 17.0 Å². The normalized spacial score (nSPS) is 17.6. The van der Waals surface area contributed by atoms with E-state index in [0.717, 1.165) is 41.0 Å². The lowest BCUT2D eigenvalue weighted by atomic mass is 9.81. The molecule has 1 N–H and O–H groups in total. The molecule has 1 atom stereocenters. The Morgan fingerprint density at radius 2 is 1.78 bits per heavy atom. The Morgan fingerprint density at radius 3 is 2.47 bits per heavy atom. The van der Waals surface area contributed by atoms with E-state index in [4.69, 9.17) is 9.84 Å². The van der Waals surface area contributed by atoms with E-state index in [2.05, 4.69) is 6.20 Å². The molecule has 0 aliphatic carbocycles. The molecule has 0 saturated carbocycles. The Labute approximate surface area is 188 Å². The van der Waals surface area contributed by atoms with Crippen LogP contribution in [0.4, 0.5) is 0 Å². The van der Waals surface area contributed by atoms with Crippen molar-refractivity contribution in [1.29, 1.82) is 0 Å². The van der Waals surface area contributed by atoms with Crippen molar-refractivity contribution < 1.29 is 14.6 Å². The molecule has 2 aliphatic heterocycles. The molecular weight excluding hydrogens is 402 g/mol. The van der Waals surface area contributed by atoms with Crippen LogP contribution in [0.25, 0.3) is 11.3 Å². The van der Waals surface area contributed by atoms with E-state index in [1.54, 1.807) is 0 Å². The molecule has 1 unspecified atom stereocenters. The van der Waals surface area contributed by atoms with Crippen LogP contribution >= 0.6 is 0 Å². The van der Waals surface area contributed by atoms with Crippen LogP contribution in [0.15, 0.2) is 54.7 Å². The number of benzene rings is 2. The number of aliphatic hydroxyl groups is 1. The summed E-state index contributed by atoms with van der Waals surface area (Å²) in [5.41, 5.74) is 4.15. The van der Waals surface area contributed by atoms with Crippen LogP contribution in [0.3, 0.4) is 0 Å². The van der Waals surface area contributed by atoms with Crippen LogP contribution < -0.4 is 4.74 Å². The third kappa shape index (κ3) is 3.39. The zero-order valence-electron chi connectivity index (χ0n) is 18.8. The fourth-order valence-electron chi connectivity index (χ4n) is 4.87. The highest BCUT2D eigenvalue weighted by atomic mass is 16.5. The second kappa shape index (κ2) is 7.78. The topological polar surface area (TPSA) is 67.6 Å². The standard InChI is InChI=1S/C26H29N3O3/c1-17(2)24(30)18-8-10-19(11-9-18)25(31)29-14-12-26(13-15-29)21-16-28(3)27-23(21)20-6-4-5-7-22(20)32-26/h4-11,16-17,24,30H,12-15H2,1-3H3. The van der Waals surface area contributed by atoms with Crippen LogP contribution in [0, 0.1) is 5.92 Å². The zero-order chi connectivity index (χ0) is 22.5. The lowest BCUT2D eigenvalue weighted by Gasteiger charge is -2.44. The summed E-state index contributed by atoms with van der Waals surface area (Å²) in [6.45, 7) is 5.19. The number of likely N-dealkylation sites (tertiary alicyclic amines) is 1. The minimum atomic E-state index is -0.519. The maximum atomic E-state index is 13.1. The monoisotopic (exact) mass is 431 g/mol. The van der Waals surface area contributed by atoms with Gasteiger partial charge in [-0.3, -0.25) is 9.48 Å². The van der Waals surface area contributed by atoms with Gasteiger partial charge < -0.3 is 14.7 Å². The minimum Gasteiger partial charge on any atom is -0.482 e. The third-order valence-electron chi connectivity index (χ3n) is 6.76. The lowest BCUT2D eigenvalue weighted by Crippen LogP contribution is -2.49. The third-order valence-corrected chi connectivity index (χ3v) is 6.76. The van der Waals surface area contributed by atoms with Crippen molar-refractivity contribution in [2.75, 3.05) is 13.1 Å². The van der Waals surface area contributed by atoms with Crippen LogP contribution in [0.5, 0.6) is 5.75 Å². The number of rotatable bonds is 3. The molecule has 2 aromatic carbocycles. The number of ether oxygens (including phenoxy) is 1. The molecule has 32 heavy (non-hydrogen) atoms. The maximum Gasteiger partial charge on any atom is 0.253 e. The Hall–Kier alpha value is -3.12. The molecule has 3 heterocycles. The van der Waals surface area contributed by atoms with E-state index in [9.17, 15) is 9.90 Å². The number of aryl methyl sites for hydroxylation is 1. The van der Waals surface area contributed by atoms with Crippen molar-refractivity contribution in [1.82, 2.24) is 14.7 Å². The summed E-state index contributed by atoms with van der Waals surface area (Å²) in [6.07, 6.45) is 2.97. The van der Waals surface area contributed by atoms with E-state index in [0.29, 0.717) is 18.7 Å². The van der Waals surface area contributed by atoms with Gasteiger partial charge in [-0.25, -0.2) is 0 Å². The number of para-hydroxylation sites is 1. The number of hydrogen-bond acceptors (Lipinski definition) is 4. The SMILES string of the molecule is CC(C)C(O)c1ccc(C(=O)N2CCC3(CC2)Oc2ccccc2-c2nn(C)cc23)cc1. The number of carbonyl (C=O) groups is 1. The van der Waals surface area contributed by atoms with Crippen molar-refractivity contribution in [3.63, 3.8) is 0 Å². The van der Waals surface area contributed by atoms with Crippen LogP contribution in [0.2, 0.25) is 0 Å². The van der Waals surface area contributed by atoms with E-state index < -0.39 is 11.7 Å². The van der Waals surface area contributed by atoms with Crippen LogP contribution in [-0.2, 0) is 12.6 Å². The smallest absolute Gasteiger partial charge is 0.253 e. The highest BCUT2D eigenvalue weighted by molar-refractivity contribution is 5.94. The molecule has 166 valence electrons. The van der Waals surface area contributed by atoms with Gasteiger partial charge in [0.05, 0.1) is 6.10 Å². The predicted octanol–water partition coefficient (Wildman–Crippen LogP) is 4.30. The number of aliphatic hydroxyl groups excluding tert-OH is 1. The first kappa shape index (κ1) is 20.8. The second-order valence-corrected chi connectivity index (χ2v) is 9.26. The van der Waals surface area contributed by atoms with Crippen molar-refractivity contribution in [3.8, 4) is 17.0 Å². The summed E-state index contributed by atoms with van der Waals surface area (Å²) in [5, 5.41) is 15.0. The summed E-state index contributed by atoms with van der Waals surface area (Å²) in [4.78, 5) is 15.0. The number of amides is 1. The first-order valence-corrected chi connectivity index (χ1v) is 11.3. The fourth-order valence-corrected chi connectivity index (χ4v) is 4.87. The molecule has 1 spiro atoms. The van der Waals surface area contributed by atoms with Crippen molar-refractivity contribution in [2.45, 2.75) is 38.4 Å². The van der Waals surface area contributed by atoms with Gasteiger partial charge >= 0.3 is 0 Å². The molecule has 1 fully saturated rings. The molecule has 5 rings (SSSR count). The van der Waals surface area contributed by atoms with Gasteiger partial charge in [0.25, 0.3) is 5.91 Å². The quantitative estimate of drug-likeness (QED) is 0.671. The number of carbonyl (C=O) groups excluding carboxylic acids is 1. The van der Waals surface area contributed by atoms with Gasteiger partial charge in [-0.05, 0) is 35.7 Å². The highest BCUT2D eigenvalue weighted by Crippen LogP contribution is 2.48. The van der Waals surface area contributed by atoms with Gasteiger partial charge in [-0.15, -0.1) is 0 Å². The maximum absolute atomic E-state index is 13.1. The number of aromatic nitrogens is 2. The van der Waals surface area contributed by atoms with Gasteiger partial charge in [-0.1, -0.05) is 38.1 Å². The largest absolute Gasteiger partial charge is 0.482 e. The molecule has 1 saturated heterocycles. The zero-order valence-corrected chi connectivity index (χ0v) is 18.8. The van der Waals surface area contributed by atoms with Crippen molar-refractivity contribution >= 4 is 5.91 Å². The molecule has 2 aliphatic rings. The molecular formula is C26H29N3O3. The molecule has 6 nitrogen and oxygen atoms in total. The summed E-state index contributed by atoms with van der Waals surface area (Å²) >= 11 is 0. The molecule has 3 aromatic rings. The number of nitrogens with zero attached hydrogens (tertiary/aromatic N) is 3. The number of piperidine rings is 1. The Bertz CT molecular complexity index is 1140. The van der Waals surface area contributed by atoms with Gasteiger partial charge in [0.15, 0.2) is 0 Å². The van der Waals surface area contributed by atoms with E-state index in [1.165, 1.54) is 0 Å². The van der Waals surface area contributed by atoms with Crippen molar-refractivity contribution in [2.24, 2.45) is 13.0 Å². The lowest BCUT2D eigenvalue weighted by molar-refractivity contribution is -0.00167. The summed E-state index contributed by atoms with van der Waals surface area (Å²) in [6, 6.07) is 15.4. The summed E-state index contributed by atoms with van der Waals surface area (Å²) in [7, 11) is 1.94. The first-order chi connectivity index (χ1) is 15.4. The number of hydrogen-bond donors (Lipinski definition) is 1. The minimum absolute atomic E-state index is 0.0213. The van der Waals surface area contributed by atoms with E-state index >= 15 is 0 Å². The molecule has 1 aromatic heterocycles. The number of fused-ring (bicyclic) bond motifs is 4. The molecule has 0 radical (unpaired) electrons. The summed E-state index contributed by atoms with van der Waals surface area (Å²) in [5.74, 6) is 1.01. The van der Waals surface area contributed by atoms with E-state index in [-0.39, 0.29) is 11.8 Å². The molecule has 6 heteroatoms. The highest BCUT2D eigenvalue weighted by Gasteiger charge is 2.45. The van der Waals surface area contributed by atoms with Crippen LogP contribution in [0.1, 0.15) is 54.3 Å². The Balaban J connectivity index is 1.35.